The zero-order chi connectivity index (χ0) is 21.4. The Kier molecular flexibility index (Phi) is 5.08. The fourth-order valence-corrected chi connectivity index (χ4v) is 4.07. The van der Waals surface area contributed by atoms with Crippen molar-refractivity contribution in [3.05, 3.63) is 70.8 Å². The van der Waals surface area contributed by atoms with Crippen LogP contribution in [0.4, 0.5) is 0 Å². The molecule has 0 radical (unpaired) electrons. The highest BCUT2D eigenvalue weighted by atomic mass is 16.5. The first-order valence-electron chi connectivity index (χ1n) is 9.63. The summed E-state index contributed by atoms with van der Waals surface area (Å²) in [6, 6.07) is 14.3. The number of hydrogen-bond acceptors (Lipinski definition) is 6. The minimum absolute atomic E-state index is 0.0529. The van der Waals surface area contributed by atoms with E-state index in [1.54, 1.807) is 30.3 Å². The van der Waals surface area contributed by atoms with E-state index in [-0.39, 0.29) is 29.1 Å². The summed E-state index contributed by atoms with van der Waals surface area (Å²) in [5.41, 5.74) is 3.58. The summed E-state index contributed by atoms with van der Waals surface area (Å²) in [5, 5.41) is 30.2. The van der Waals surface area contributed by atoms with Crippen molar-refractivity contribution in [1.82, 2.24) is 0 Å². The summed E-state index contributed by atoms with van der Waals surface area (Å²) in [6.45, 7) is 2.21. The summed E-state index contributed by atoms with van der Waals surface area (Å²) < 4.78 is 16.7. The van der Waals surface area contributed by atoms with Crippen molar-refractivity contribution in [3.8, 4) is 34.5 Å². The predicted molar refractivity (Wildman–Crippen MR) is 112 cm³/mol. The van der Waals surface area contributed by atoms with Crippen molar-refractivity contribution in [2.75, 3.05) is 20.8 Å². The van der Waals surface area contributed by atoms with E-state index in [4.69, 9.17) is 14.2 Å². The van der Waals surface area contributed by atoms with Crippen LogP contribution in [0.3, 0.4) is 0 Å². The van der Waals surface area contributed by atoms with Crippen LogP contribution in [-0.2, 0) is 0 Å². The van der Waals surface area contributed by atoms with Gasteiger partial charge in [0.1, 0.15) is 17.2 Å². The van der Waals surface area contributed by atoms with Crippen molar-refractivity contribution in [2.45, 2.75) is 18.8 Å². The van der Waals surface area contributed by atoms with Crippen molar-refractivity contribution in [1.29, 1.82) is 0 Å². The molecule has 3 N–H and O–H groups in total. The molecule has 0 aromatic heterocycles. The Morgan fingerprint density at radius 2 is 1.50 bits per heavy atom. The summed E-state index contributed by atoms with van der Waals surface area (Å²) in [4.78, 5) is 0. The Morgan fingerprint density at radius 1 is 0.867 bits per heavy atom. The van der Waals surface area contributed by atoms with Gasteiger partial charge in [-0.25, -0.2) is 0 Å². The van der Waals surface area contributed by atoms with Crippen LogP contribution in [0.2, 0.25) is 0 Å². The van der Waals surface area contributed by atoms with Crippen LogP contribution in [0.25, 0.3) is 0 Å². The molecule has 3 aromatic rings. The molecule has 0 amide bonds. The van der Waals surface area contributed by atoms with Gasteiger partial charge in [0.25, 0.3) is 0 Å². The first-order valence-corrected chi connectivity index (χ1v) is 9.63. The zero-order valence-electron chi connectivity index (χ0n) is 17.0. The first-order chi connectivity index (χ1) is 14.4. The quantitative estimate of drug-likeness (QED) is 0.592. The predicted octanol–water partition coefficient (Wildman–Crippen LogP) is 4.44. The third kappa shape index (κ3) is 3.34. The molecular formula is C24H24O6. The maximum atomic E-state index is 10.3. The average molecular weight is 408 g/mol. The van der Waals surface area contributed by atoms with E-state index in [2.05, 4.69) is 0 Å². The number of fused-ring (bicyclic) bond motifs is 1. The van der Waals surface area contributed by atoms with E-state index in [9.17, 15) is 15.3 Å². The molecule has 4 rings (SSSR count). The van der Waals surface area contributed by atoms with Gasteiger partial charge in [0.15, 0.2) is 11.5 Å². The van der Waals surface area contributed by atoms with Crippen molar-refractivity contribution in [2.24, 2.45) is 0 Å². The molecule has 0 saturated carbocycles. The van der Waals surface area contributed by atoms with Gasteiger partial charge in [-0.05, 0) is 53.9 Å². The van der Waals surface area contributed by atoms with Gasteiger partial charge in [-0.2, -0.15) is 0 Å². The maximum Gasteiger partial charge on any atom is 0.200 e. The molecule has 0 bridgehead atoms. The molecule has 6 nitrogen and oxygen atoms in total. The molecule has 2 unspecified atom stereocenters. The molecule has 0 saturated heterocycles. The lowest BCUT2D eigenvalue weighted by molar-refractivity contribution is 0.246. The van der Waals surface area contributed by atoms with E-state index in [0.29, 0.717) is 23.9 Å². The molecule has 0 fully saturated rings. The number of aromatic hydroxyl groups is 3. The van der Waals surface area contributed by atoms with Crippen molar-refractivity contribution in [3.63, 3.8) is 0 Å². The van der Waals surface area contributed by atoms with Gasteiger partial charge in [0.05, 0.1) is 20.8 Å². The normalized spacial score (nSPS) is 17.7. The average Bonchev–Trinajstić information content (AvgIpc) is 2.75. The van der Waals surface area contributed by atoms with Gasteiger partial charge in [0, 0.05) is 23.5 Å². The number of ether oxygens (including phenoxy) is 3. The van der Waals surface area contributed by atoms with Crippen LogP contribution in [0.5, 0.6) is 34.5 Å². The lowest BCUT2D eigenvalue weighted by Crippen LogP contribution is -2.25. The van der Waals surface area contributed by atoms with E-state index in [1.807, 2.05) is 25.1 Å². The van der Waals surface area contributed by atoms with Crippen LogP contribution in [0.15, 0.2) is 48.5 Å². The molecule has 2 atom stereocenters. The van der Waals surface area contributed by atoms with Crippen LogP contribution >= 0.6 is 0 Å². The summed E-state index contributed by atoms with van der Waals surface area (Å²) in [5.74, 6) is 1.38. The molecule has 30 heavy (non-hydrogen) atoms. The Bertz CT molecular complexity index is 1050. The molecule has 1 aliphatic heterocycles. The molecule has 6 heteroatoms. The fraction of sp³-hybridized carbons (Fsp3) is 0.250. The van der Waals surface area contributed by atoms with E-state index in [0.717, 1.165) is 22.3 Å². The molecule has 1 aliphatic rings. The highest BCUT2D eigenvalue weighted by Crippen LogP contribution is 2.50. The van der Waals surface area contributed by atoms with Crippen LogP contribution < -0.4 is 14.2 Å². The SMILES string of the molecule is COc1cc(C2COc3cc(O)c(C)cc3C2c2ccc(O)cc2)cc(OC)c1O. The first kappa shape index (κ1) is 19.8. The van der Waals surface area contributed by atoms with Crippen LogP contribution in [0.1, 0.15) is 34.1 Å². The van der Waals surface area contributed by atoms with E-state index in [1.165, 1.54) is 14.2 Å². The molecular weight excluding hydrogens is 384 g/mol. The number of aryl methyl sites for hydroxylation is 1. The molecule has 1 heterocycles. The third-order valence-electron chi connectivity index (χ3n) is 5.67. The van der Waals surface area contributed by atoms with Crippen LogP contribution in [-0.4, -0.2) is 36.1 Å². The van der Waals surface area contributed by atoms with Gasteiger partial charge in [-0.15, -0.1) is 0 Å². The number of hydrogen-bond donors (Lipinski definition) is 3. The topological polar surface area (TPSA) is 88.4 Å². The lowest BCUT2D eigenvalue weighted by Gasteiger charge is -2.35. The van der Waals surface area contributed by atoms with Crippen molar-refractivity contribution < 1.29 is 29.5 Å². The fourth-order valence-electron chi connectivity index (χ4n) is 4.07. The number of phenolic OH excluding ortho intramolecular Hbond substituents is 3. The lowest BCUT2D eigenvalue weighted by atomic mass is 9.75. The Labute approximate surface area is 174 Å². The van der Waals surface area contributed by atoms with E-state index < -0.39 is 0 Å². The van der Waals surface area contributed by atoms with Crippen molar-refractivity contribution >= 4 is 0 Å². The number of phenols is 3. The van der Waals surface area contributed by atoms with Gasteiger partial charge >= 0.3 is 0 Å². The minimum Gasteiger partial charge on any atom is -0.508 e. The minimum atomic E-state index is -0.116. The van der Waals surface area contributed by atoms with Gasteiger partial charge in [0.2, 0.25) is 5.75 Å². The van der Waals surface area contributed by atoms with E-state index >= 15 is 0 Å². The second kappa shape index (κ2) is 7.71. The van der Waals surface area contributed by atoms with Crippen LogP contribution in [0, 0.1) is 6.92 Å². The highest BCUT2D eigenvalue weighted by molar-refractivity contribution is 5.57. The Morgan fingerprint density at radius 3 is 2.10 bits per heavy atom. The Hall–Kier alpha value is -3.54. The summed E-state index contributed by atoms with van der Waals surface area (Å²) in [6.07, 6.45) is 0. The highest BCUT2D eigenvalue weighted by Gasteiger charge is 2.35. The second-order valence-electron chi connectivity index (χ2n) is 7.44. The number of rotatable bonds is 4. The summed E-state index contributed by atoms with van der Waals surface area (Å²) >= 11 is 0. The van der Waals surface area contributed by atoms with Gasteiger partial charge in [-0.1, -0.05) is 12.1 Å². The van der Waals surface area contributed by atoms with Gasteiger partial charge < -0.3 is 29.5 Å². The van der Waals surface area contributed by atoms with Gasteiger partial charge in [-0.3, -0.25) is 0 Å². The number of methoxy groups -OCH3 is 2. The standard InChI is InChI=1S/C24H24O6/c1-13-8-17-20(11-19(13)26)30-12-18(23(17)14-4-6-16(25)7-5-14)15-9-21(28-2)24(27)22(10-15)29-3/h4-11,18,23,25-27H,12H2,1-3H3. The monoisotopic (exact) mass is 408 g/mol. The molecule has 156 valence electrons. The zero-order valence-corrected chi connectivity index (χ0v) is 17.0. The Balaban J connectivity index is 1.90. The maximum absolute atomic E-state index is 10.3. The molecule has 0 spiro atoms. The third-order valence-corrected chi connectivity index (χ3v) is 5.67. The molecule has 0 aliphatic carbocycles. The number of benzene rings is 3. The smallest absolute Gasteiger partial charge is 0.200 e. The second-order valence-corrected chi connectivity index (χ2v) is 7.44. The largest absolute Gasteiger partial charge is 0.508 e. The summed E-state index contributed by atoms with van der Waals surface area (Å²) in [7, 11) is 2.99. The molecule has 3 aromatic carbocycles.